The third-order valence-electron chi connectivity index (χ3n) is 5.51. The molecular weight excluding hydrogens is 458 g/mol. The molecule has 0 radical (unpaired) electrons. The lowest BCUT2D eigenvalue weighted by Crippen LogP contribution is -2.25. The van der Waals surface area contributed by atoms with Gasteiger partial charge in [-0.25, -0.2) is 0 Å². The van der Waals surface area contributed by atoms with Crippen LogP contribution in [0.4, 0.5) is 0 Å². The van der Waals surface area contributed by atoms with Gasteiger partial charge in [-0.15, -0.1) is 0 Å². The zero-order valence-corrected chi connectivity index (χ0v) is 18.3. The monoisotopic (exact) mass is 475 g/mol. The van der Waals surface area contributed by atoms with Crippen LogP contribution in [0, 0.1) is 0 Å². The summed E-state index contributed by atoms with van der Waals surface area (Å²) in [4.78, 5) is 27.7. The average Bonchev–Trinajstić information content (AvgIpc) is 3.05. The van der Waals surface area contributed by atoms with Crippen molar-refractivity contribution < 1.29 is 13.9 Å². The van der Waals surface area contributed by atoms with E-state index in [0.29, 0.717) is 28.9 Å². The highest BCUT2D eigenvalue weighted by Crippen LogP contribution is 2.37. The third-order valence-corrected chi connectivity index (χ3v) is 6.00. The van der Waals surface area contributed by atoms with E-state index in [1.807, 2.05) is 54.6 Å². The summed E-state index contributed by atoms with van der Waals surface area (Å²) < 4.78 is 12.5. The number of fused-ring (bicyclic) bond motifs is 2. The topological polar surface area (TPSA) is 59.8 Å². The molecule has 1 unspecified atom stereocenters. The van der Waals surface area contributed by atoms with E-state index in [0.717, 1.165) is 15.6 Å². The molecule has 0 spiro atoms. The summed E-state index contributed by atoms with van der Waals surface area (Å²) in [6, 6.07) is 22.1. The molecule has 1 amide bonds. The molecule has 6 heteroatoms. The summed E-state index contributed by atoms with van der Waals surface area (Å²) in [7, 11) is 1.68. The zero-order chi connectivity index (χ0) is 21.5. The summed E-state index contributed by atoms with van der Waals surface area (Å²) in [6.45, 7) is 0.468. The maximum absolute atomic E-state index is 13.3. The Morgan fingerprint density at radius 2 is 1.74 bits per heavy atom. The number of carbonyl (C=O) groups excluding carboxylic acids is 1. The van der Waals surface area contributed by atoms with Gasteiger partial charge in [-0.3, -0.25) is 9.59 Å². The van der Waals surface area contributed by atoms with Crippen LogP contribution in [0.2, 0.25) is 0 Å². The second-order valence-electron chi connectivity index (χ2n) is 7.48. The van der Waals surface area contributed by atoms with E-state index < -0.39 is 6.04 Å². The van der Waals surface area contributed by atoms with Gasteiger partial charge >= 0.3 is 0 Å². The van der Waals surface area contributed by atoms with Crippen LogP contribution in [-0.4, -0.2) is 17.9 Å². The predicted molar refractivity (Wildman–Crippen MR) is 121 cm³/mol. The lowest BCUT2D eigenvalue weighted by Gasteiger charge is -2.20. The number of hydrogen-bond acceptors (Lipinski definition) is 4. The van der Waals surface area contributed by atoms with Crippen molar-refractivity contribution in [1.29, 1.82) is 0 Å². The SMILES string of the molecule is CN1C(=O)c2oc3ccc(Br)cc3c(=O)c2C1c1ccc(OCc2ccccc2)cc1. The van der Waals surface area contributed by atoms with Crippen molar-refractivity contribution in [1.82, 2.24) is 4.90 Å². The first kappa shape index (κ1) is 19.6. The first-order valence-electron chi connectivity index (χ1n) is 9.83. The van der Waals surface area contributed by atoms with E-state index in [-0.39, 0.29) is 17.1 Å². The van der Waals surface area contributed by atoms with Crippen molar-refractivity contribution in [3.63, 3.8) is 0 Å². The fraction of sp³-hybridized carbons (Fsp3) is 0.120. The number of ether oxygens (including phenoxy) is 1. The van der Waals surface area contributed by atoms with Crippen LogP contribution < -0.4 is 10.2 Å². The van der Waals surface area contributed by atoms with Crippen LogP contribution in [0.1, 0.15) is 33.3 Å². The number of hydrogen-bond donors (Lipinski definition) is 0. The molecule has 1 atom stereocenters. The summed E-state index contributed by atoms with van der Waals surface area (Å²) >= 11 is 3.40. The smallest absolute Gasteiger partial charge is 0.290 e. The first-order chi connectivity index (χ1) is 15.0. The van der Waals surface area contributed by atoms with Crippen LogP contribution in [0.3, 0.4) is 0 Å². The van der Waals surface area contributed by atoms with Gasteiger partial charge in [-0.05, 0) is 41.5 Å². The Morgan fingerprint density at radius 1 is 1.00 bits per heavy atom. The van der Waals surface area contributed by atoms with Crippen molar-refractivity contribution in [2.45, 2.75) is 12.6 Å². The van der Waals surface area contributed by atoms with E-state index in [1.54, 1.807) is 30.1 Å². The van der Waals surface area contributed by atoms with Crippen LogP contribution in [0.15, 0.2) is 86.5 Å². The minimum absolute atomic E-state index is 0.108. The van der Waals surface area contributed by atoms with Crippen LogP contribution in [0.5, 0.6) is 5.75 Å². The number of rotatable bonds is 4. The van der Waals surface area contributed by atoms with Crippen molar-refractivity contribution in [3.8, 4) is 5.75 Å². The largest absolute Gasteiger partial charge is 0.489 e. The Hall–Kier alpha value is -3.38. The first-order valence-corrected chi connectivity index (χ1v) is 10.6. The Kier molecular flexibility index (Phi) is 4.87. The molecule has 154 valence electrons. The Labute approximate surface area is 187 Å². The van der Waals surface area contributed by atoms with Gasteiger partial charge in [0.2, 0.25) is 5.76 Å². The second kappa shape index (κ2) is 7.71. The fourth-order valence-corrected chi connectivity index (χ4v) is 4.30. The molecule has 3 aromatic carbocycles. The minimum Gasteiger partial charge on any atom is -0.489 e. The van der Waals surface area contributed by atoms with Crippen LogP contribution in [-0.2, 0) is 6.61 Å². The van der Waals surface area contributed by atoms with Gasteiger partial charge in [-0.1, -0.05) is 58.4 Å². The standard InChI is InChI=1S/C25H18BrNO4/c1-27-22(16-7-10-18(11-8-16)30-14-15-5-3-2-4-6-15)21-23(28)19-13-17(26)9-12-20(19)31-24(21)25(27)29/h2-13,22H,14H2,1H3. The fourth-order valence-electron chi connectivity index (χ4n) is 3.94. The van der Waals surface area contributed by atoms with E-state index in [9.17, 15) is 9.59 Å². The molecular formula is C25H18BrNO4. The van der Waals surface area contributed by atoms with Crippen molar-refractivity contribution >= 4 is 32.8 Å². The Morgan fingerprint density at radius 3 is 2.48 bits per heavy atom. The average molecular weight is 476 g/mol. The highest BCUT2D eigenvalue weighted by Gasteiger charge is 2.40. The minimum atomic E-state index is -0.509. The third kappa shape index (κ3) is 3.43. The molecule has 1 aliphatic rings. The number of benzene rings is 3. The Balaban J connectivity index is 1.50. The quantitative estimate of drug-likeness (QED) is 0.401. The molecule has 4 aromatic rings. The van der Waals surface area contributed by atoms with Gasteiger partial charge in [0.15, 0.2) is 5.43 Å². The maximum Gasteiger partial charge on any atom is 0.290 e. The van der Waals surface area contributed by atoms with E-state index in [2.05, 4.69) is 15.9 Å². The van der Waals surface area contributed by atoms with Crippen molar-refractivity contribution in [2.75, 3.05) is 7.05 Å². The Bertz CT molecular complexity index is 1350. The molecule has 0 saturated heterocycles. The molecule has 1 aromatic heterocycles. The molecule has 0 saturated carbocycles. The highest BCUT2D eigenvalue weighted by molar-refractivity contribution is 9.10. The lowest BCUT2D eigenvalue weighted by atomic mass is 9.99. The zero-order valence-electron chi connectivity index (χ0n) is 16.7. The van der Waals surface area contributed by atoms with Gasteiger partial charge in [0.1, 0.15) is 17.9 Å². The van der Waals surface area contributed by atoms with Gasteiger partial charge < -0.3 is 14.1 Å². The summed E-state index contributed by atoms with van der Waals surface area (Å²) in [5, 5.41) is 0.448. The molecule has 5 rings (SSSR count). The van der Waals surface area contributed by atoms with Gasteiger partial charge in [0.25, 0.3) is 5.91 Å². The van der Waals surface area contributed by atoms with E-state index in [1.165, 1.54) is 0 Å². The maximum atomic E-state index is 13.3. The van der Waals surface area contributed by atoms with Gasteiger partial charge in [-0.2, -0.15) is 0 Å². The molecule has 0 aliphatic carbocycles. The summed E-state index contributed by atoms with van der Waals surface area (Å²) in [5.41, 5.74) is 2.49. The highest BCUT2D eigenvalue weighted by atomic mass is 79.9. The molecule has 2 heterocycles. The van der Waals surface area contributed by atoms with Gasteiger partial charge in [0, 0.05) is 11.5 Å². The molecule has 31 heavy (non-hydrogen) atoms. The summed E-state index contributed by atoms with van der Waals surface area (Å²) in [5.74, 6) is 0.525. The lowest BCUT2D eigenvalue weighted by molar-refractivity contribution is 0.0771. The number of carbonyl (C=O) groups is 1. The van der Waals surface area contributed by atoms with E-state index in [4.69, 9.17) is 9.15 Å². The number of nitrogens with zero attached hydrogens (tertiary/aromatic N) is 1. The van der Waals surface area contributed by atoms with E-state index >= 15 is 0 Å². The second-order valence-corrected chi connectivity index (χ2v) is 8.39. The normalized spacial score (nSPS) is 15.4. The number of halogens is 1. The molecule has 1 aliphatic heterocycles. The summed E-state index contributed by atoms with van der Waals surface area (Å²) in [6.07, 6.45) is 0. The van der Waals surface area contributed by atoms with Crippen molar-refractivity contribution in [2.24, 2.45) is 0 Å². The molecule has 5 nitrogen and oxygen atoms in total. The number of amides is 1. The molecule has 0 bridgehead atoms. The molecule has 0 fully saturated rings. The molecule has 0 N–H and O–H groups in total. The van der Waals surface area contributed by atoms with Crippen LogP contribution in [0.25, 0.3) is 11.0 Å². The van der Waals surface area contributed by atoms with Crippen LogP contribution >= 0.6 is 15.9 Å². The predicted octanol–water partition coefficient (Wildman–Crippen LogP) is 5.31. The van der Waals surface area contributed by atoms with Gasteiger partial charge in [0.05, 0.1) is 17.0 Å². The van der Waals surface area contributed by atoms with Crippen molar-refractivity contribution in [3.05, 3.63) is 110 Å².